The molecule has 31 heavy (non-hydrogen) atoms. The summed E-state index contributed by atoms with van der Waals surface area (Å²) in [4.78, 5) is 4.66. The Morgan fingerprint density at radius 3 is 2.00 bits per heavy atom. The monoisotopic (exact) mass is 431 g/mol. The van der Waals surface area contributed by atoms with Crippen molar-refractivity contribution in [3.63, 3.8) is 0 Å². The summed E-state index contributed by atoms with van der Waals surface area (Å²) < 4.78 is 27.3. The predicted molar refractivity (Wildman–Crippen MR) is 122 cm³/mol. The standard InChI is InChI=1S/C23H33N3O5/c1-7-24-23(25-14-16(2)31-19-10-8-18(27-3)9-11-19)26-15-17-12-20(28-4)22(30-6)21(13-17)29-5/h8-13,16H,7,14-15H2,1-6H3,(H2,24,25,26). The number of hydrogen-bond donors (Lipinski definition) is 2. The highest BCUT2D eigenvalue weighted by molar-refractivity contribution is 5.79. The first-order valence-corrected chi connectivity index (χ1v) is 10.2. The summed E-state index contributed by atoms with van der Waals surface area (Å²) in [7, 11) is 6.42. The molecule has 2 aromatic carbocycles. The molecule has 170 valence electrons. The minimum absolute atomic E-state index is 0.0570. The van der Waals surface area contributed by atoms with Gasteiger partial charge in [-0.05, 0) is 55.8 Å². The molecule has 0 saturated carbocycles. The van der Waals surface area contributed by atoms with Crippen LogP contribution in [0.2, 0.25) is 0 Å². The van der Waals surface area contributed by atoms with Gasteiger partial charge in [-0.25, -0.2) is 4.99 Å². The Bertz CT molecular complexity index is 815. The Labute approximate surface area is 184 Å². The lowest BCUT2D eigenvalue weighted by atomic mass is 10.2. The average Bonchev–Trinajstić information content (AvgIpc) is 2.80. The topological polar surface area (TPSA) is 82.6 Å². The molecule has 0 amide bonds. The highest BCUT2D eigenvalue weighted by Crippen LogP contribution is 2.38. The van der Waals surface area contributed by atoms with Gasteiger partial charge in [0.15, 0.2) is 17.5 Å². The summed E-state index contributed by atoms with van der Waals surface area (Å²) in [6.45, 7) is 5.80. The van der Waals surface area contributed by atoms with Crippen LogP contribution < -0.4 is 34.3 Å². The predicted octanol–water partition coefficient (Wildman–Crippen LogP) is 3.24. The van der Waals surface area contributed by atoms with Gasteiger partial charge >= 0.3 is 0 Å². The molecule has 8 nitrogen and oxygen atoms in total. The fraction of sp³-hybridized carbons (Fsp3) is 0.435. The van der Waals surface area contributed by atoms with Gasteiger partial charge in [0.1, 0.15) is 17.6 Å². The lowest BCUT2D eigenvalue weighted by Gasteiger charge is -2.18. The van der Waals surface area contributed by atoms with Crippen LogP contribution in [0, 0.1) is 0 Å². The third-order valence-corrected chi connectivity index (χ3v) is 4.44. The van der Waals surface area contributed by atoms with Crippen molar-refractivity contribution >= 4 is 5.96 Å². The lowest BCUT2D eigenvalue weighted by molar-refractivity contribution is 0.223. The van der Waals surface area contributed by atoms with Gasteiger partial charge in [0.2, 0.25) is 5.75 Å². The van der Waals surface area contributed by atoms with Crippen LogP contribution in [0.15, 0.2) is 41.4 Å². The first kappa shape index (κ1) is 24.0. The summed E-state index contributed by atoms with van der Waals surface area (Å²) >= 11 is 0. The van der Waals surface area contributed by atoms with Crippen LogP contribution in [-0.2, 0) is 6.54 Å². The molecule has 2 rings (SSSR count). The molecule has 2 aromatic rings. The van der Waals surface area contributed by atoms with Crippen molar-refractivity contribution in [3.05, 3.63) is 42.0 Å². The van der Waals surface area contributed by atoms with E-state index in [-0.39, 0.29) is 6.10 Å². The van der Waals surface area contributed by atoms with Gasteiger partial charge in [-0.2, -0.15) is 0 Å². The molecule has 1 atom stereocenters. The van der Waals surface area contributed by atoms with E-state index in [1.165, 1.54) is 0 Å². The van der Waals surface area contributed by atoms with Crippen molar-refractivity contribution in [2.24, 2.45) is 4.99 Å². The summed E-state index contributed by atoms with van der Waals surface area (Å²) in [5.41, 5.74) is 0.939. The molecule has 0 saturated heterocycles. The Morgan fingerprint density at radius 2 is 1.48 bits per heavy atom. The molecular weight excluding hydrogens is 398 g/mol. The van der Waals surface area contributed by atoms with Crippen molar-refractivity contribution in [1.29, 1.82) is 0 Å². The van der Waals surface area contributed by atoms with Gasteiger partial charge in [-0.15, -0.1) is 0 Å². The van der Waals surface area contributed by atoms with Crippen LogP contribution in [0.5, 0.6) is 28.7 Å². The van der Waals surface area contributed by atoms with Crippen LogP contribution >= 0.6 is 0 Å². The molecule has 0 aliphatic carbocycles. The zero-order valence-corrected chi connectivity index (χ0v) is 19.2. The second-order valence-corrected chi connectivity index (χ2v) is 6.71. The van der Waals surface area contributed by atoms with Gasteiger partial charge in [-0.1, -0.05) is 0 Å². The molecule has 0 fully saturated rings. The molecule has 0 aliphatic rings. The molecule has 0 spiro atoms. The summed E-state index contributed by atoms with van der Waals surface area (Å²) in [6.07, 6.45) is -0.0570. The number of nitrogens with one attached hydrogen (secondary N) is 2. The van der Waals surface area contributed by atoms with Crippen LogP contribution in [0.4, 0.5) is 0 Å². The molecule has 8 heteroatoms. The maximum atomic E-state index is 5.94. The zero-order chi connectivity index (χ0) is 22.6. The fourth-order valence-corrected chi connectivity index (χ4v) is 2.91. The van der Waals surface area contributed by atoms with E-state index in [1.54, 1.807) is 28.4 Å². The maximum absolute atomic E-state index is 5.94. The van der Waals surface area contributed by atoms with Crippen LogP contribution in [0.1, 0.15) is 19.4 Å². The summed E-state index contributed by atoms with van der Waals surface area (Å²) in [5.74, 6) is 4.05. The minimum atomic E-state index is -0.0570. The molecule has 2 N–H and O–H groups in total. The molecule has 0 aromatic heterocycles. The highest BCUT2D eigenvalue weighted by atomic mass is 16.5. The van der Waals surface area contributed by atoms with Crippen molar-refractivity contribution in [3.8, 4) is 28.7 Å². The molecule has 0 radical (unpaired) electrons. The number of guanidine groups is 1. The number of hydrogen-bond acceptors (Lipinski definition) is 6. The fourth-order valence-electron chi connectivity index (χ4n) is 2.91. The van der Waals surface area contributed by atoms with Crippen LogP contribution in [-0.4, -0.2) is 53.6 Å². The van der Waals surface area contributed by atoms with Crippen LogP contribution in [0.25, 0.3) is 0 Å². The van der Waals surface area contributed by atoms with E-state index >= 15 is 0 Å². The first-order chi connectivity index (χ1) is 15.0. The largest absolute Gasteiger partial charge is 0.497 e. The third kappa shape index (κ3) is 7.16. The number of nitrogens with zero attached hydrogens (tertiary/aromatic N) is 1. The molecule has 0 heterocycles. The van der Waals surface area contributed by atoms with Gasteiger partial charge < -0.3 is 34.3 Å². The Hall–Kier alpha value is -3.29. The Kier molecular flexibility index (Phi) is 9.61. The minimum Gasteiger partial charge on any atom is -0.497 e. The van der Waals surface area contributed by atoms with Gasteiger partial charge in [0.25, 0.3) is 0 Å². The Morgan fingerprint density at radius 1 is 0.871 bits per heavy atom. The van der Waals surface area contributed by atoms with E-state index in [1.807, 2.05) is 50.2 Å². The van der Waals surface area contributed by atoms with Gasteiger partial charge in [0.05, 0.1) is 41.5 Å². The normalized spacial score (nSPS) is 12.0. The summed E-state index contributed by atoms with van der Waals surface area (Å²) in [5, 5.41) is 6.56. The SMILES string of the molecule is CCNC(=NCc1cc(OC)c(OC)c(OC)c1)NCC(C)Oc1ccc(OC)cc1. The smallest absolute Gasteiger partial charge is 0.203 e. The van der Waals surface area contributed by atoms with E-state index in [4.69, 9.17) is 23.7 Å². The van der Waals surface area contributed by atoms with Gasteiger partial charge in [0, 0.05) is 6.54 Å². The quantitative estimate of drug-likeness (QED) is 0.417. The van der Waals surface area contributed by atoms with Crippen LogP contribution in [0.3, 0.4) is 0 Å². The first-order valence-electron chi connectivity index (χ1n) is 10.2. The zero-order valence-electron chi connectivity index (χ0n) is 19.2. The van der Waals surface area contributed by atoms with E-state index in [9.17, 15) is 0 Å². The van der Waals surface area contributed by atoms with Crippen molar-refractivity contribution in [2.45, 2.75) is 26.5 Å². The van der Waals surface area contributed by atoms with Crippen molar-refractivity contribution in [1.82, 2.24) is 10.6 Å². The average molecular weight is 432 g/mol. The third-order valence-electron chi connectivity index (χ3n) is 4.44. The van der Waals surface area contributed by atoms with E-state index in [0.717, 1.165) is 23.6 Å². The second kappa shape index (κ2) is 12.4. The molecule has 1 unspecified atom stereocenters. The number of ether oxygens (including phenoxy) is 5. The lowest BCUT2D eigenvalue weighted by Crippen LogP contribution is -2.41. The second-order valence-electron chi connectivity index (χ2n) is 6.71. The van der Waals surface area contributed by atoms with E-state index in [2.05, 4.69) is 15.6 Å². The number of methoxy groups -OCH3 is 4. The number of aliphatic imine (C=N–C) groups is 1. The molecular formula is C23H33N3O5. The number of benzene rings is 2. The van der Waals surface area contributed by atoms with Gasteiger partial charge in [-0.3, -0.25) is 0 Å². The highest BCUT2D eigenvalue weighted by Gasteiger charge is 2.13. The Balaban J connectivity index is 2.01. The molecule has 0 bridgehead atoms. The van der Waals surface area contributed by atoms with Crippen molar-refractivity contribution in [2.75, 3.05) is 41.5 Å². The summed E-state index contributed by atoms with van der Waals surface area (Å²) in [6, 6.07) is 11.3. The number of rotatable bonds is 11. The maximum Gasteiger partial charge on any atom is 0.203 e. The van der Waals surface area contributed by atoms with E-state index in [0.29, 0.717) is 36.3 Å². The molecule has 0 aliphatic heterocycles. The van der Waals surface area contributed by atoms with E-state index < -0.39 is 0 Å². The van der Waals surface area contributed by atoms with Crippen molar-refractivity contribution < 1.29 is 23.7 Å².